The summed E-state index contributed by atoms with van der Waals surface area (Å²) in [5.74, 6) is -0.177. The standard InChI is InChI=1S/C15H20ClNO3S/c1-4-21(19,20)11-12(2)17(3)15(18)10-7-13-5-8-14(16)9-6-13/h5-10,12H,4,11H2,1-3H3/b10-7+/t12-/m0/s1. The van der Waals surface area contributed by atoms with Crippen LogP contribution >= 0.6 is 11.6 Å². The summed E-state index contributed by atoms with van der Waals surface area (Å²) in [7, 11) is -1.50. The van der Waals surface area contributed by atoms with Gasteiger partial charge in [0.25, 0.3) is 0 Å². The number of sulfone groups is 1. The van der Waals surface area contributed by atoms with Gasteiger partial charge < -0.3 is 4.90 Å². The molecule has 116 valence electrons. The van der Waals surface area contributed by atoms with E-state index in [-0.39, 0.29) is 23.5 Å². The Labute approximate surface area is 131 Å². The molecule has 0 aliphatic rings. The Morgan fingerprint density at radius 1 is 1.33 bits per heavy atom. The molecule has 0 N–H and O–H groups in total. The van der Waals surface area contributed by atoms with Crippen molar-refractivity contribution >= 4 is 33.4 Å². The highest BCUT2D eigenvalue weighted by Gasteiger charge is 2.19. The SMILES string of the molecule is CCS(=O)(=O)C[C@H](C)N(C)C(=O)/C=C/c1ccc(Cl)cc1. The van der Waals surface area contributed by atoms with Crippen LogP contribution in [0.25, 0.3) is 6.08 Å². The third kappa shape index (κ3) is 5.89. The Morgan fingerprint density at radius 3 is 2.43 bits per heavy atom. The number of hydrogen-bond donors (Lipinski definition) is 0. The van der Waals surface area contributed by atoms with Crippen molar-refractivity contribution in [3.8, 4) is 0 Å². The molecule has 1 amide bonds. The highest BCUT2D eigenvalue weighted by atomic mass is 35.5. The molecule has 1 atom stereocenters. The van der Waals surface area contributed by atoms with Crippen LogP contribution < -0.4 is 0 Å². The quantitative estimate of drug-likeness (QED) is 0.754. The van der Waals surface area contributed by atoms with Crippen LogP contribution in [0.4, 0.5) is 0 Å². The first-order chi connectivity index (χ1) is 9.75. The van der Waals surface area contributed by atoms with E-state index in [1.807, 2.05) is 0 Å². The summed E-state index contributed by atoms with van der Waals surface area (Å²) < 4.78 is 23.2. The minimum Gasteiger partial charge on any atom is -0.338 e. The Morgan fingerprint density at radius 2 is 1.90 bits per heavy atom. The lowest BCUT2D eigenvalue weighted by molar-refractivity contribution is -0.126. The maximum absolute atomic E-state index is 12.0. The normalized spacial score (nSPS) is 13.3. The van der Waals surface area contributed by atoms with Crippen LogP contribution in [0.1, 0.15) is 19.4 Å². The largest absolute Gasteiger partial charge is 0.338 e. The predicted molar refractivity (Wildman–Crippen MR) is 87.0 cm³/mol. The lowest BCUT2D eigenvalue weighted by Crippen LogP contribution is -2.38. The Kier molecular flexibility index (Phi) is 6.42. The molecule has 0 saturated carbocycles. The second-order valence-corrected chi connectivity index (χ2v) is 7.72. The molecule has 1 aromatic rings. The van der Waals surface area contributed by atoms with Gasteiger partial charge in [0.1, 0.15) is 0 Å². The monoisotopic (exact) mass is 329 g/mol. The van der Waals surface area contributed by atoms with E-state index >= 15 is 0 Å². The molecule has 1 rings (SSSR count). The van der Waals surface area contributed by atoms with Crippen LogP contribution in [0.15, 0.2) is 30.3 Å². The Balaban J connectivity index is 2.68. The van der Waals surface area contributed by atoms with Crippen LogP contribution in [-0.4, -0.2) is 43.8 Å². The van der Waals surface area contributed by atoms with Gasteiger partial charge in [-0.2, -0.15) is 0 Å². The molecule has 0 spiro atoms. The van der Waals surface area contributed by atoms with Gasteiger partial charge in [-0.15, -0.1) is 0 Å². The summed E-state index contributed by atoms with van der Waals surface area (Å²) in [6.07, 6.45) is 3.11. The molecule has 21 heavy (non-hydrogen) atoms. The van der Waals surface area contributed by atoms with Crippen LogP contribution in [0.2, 0.25) is 5.02 Å². The van der Waals surface area contributed by atoms with E-state index in [2.05, 4.69) is 0 Å². The van der Waals surface area contributed by atoms with Gasteiger partial charge in [-0.05, 0) is 30.7 Å². The summed E-state index contributed by atoms with van der Waals surface area (Å²) >= 11 is 5.79. The number of amides is 1. The van der Waals surface area contributed by atoms with Crippen molar-refractivity contribution < 1.29 is 13.2 Å². The molecule has 0 unspecified atom stereocenters. The second-order valence-electron chi connectivity index (χ2n) is 4.88. The van der Waals surface area contributed by atoms with Crippen molar-refractivity contribution in [1.29, 1.82) is 0 Å². The highest BCUT2D eigenvalue weighted by molar-refractivity contribution is 7.91. The minimum atomic E-state index is -3.10. The van der Waals surface area contributed by atoms with Gasteiger partial charge in [0.15, 0.2) is 9.84 Å². The molecule has 0 fully saturated rings. The zero-order chi connectivity index (χ0) is 16.0. The van der Waals surface area contributed by atoms with Gasteiger partial charge in [-0.25, -0.2) is 8.42 Å². The summed E-state index contributed by atoms with van der Waals surface area (Å²) in [5, 5.41) is 0.633. The third-order valence-electron chi connectivity index (χ3n) is 3.23. The fourth-order valence-corrected chi connectivity index (χ4v) is 2.99. The number of carbonyl (C=O) groups excluding carboxylic acids is 1. The summed E-state index contributed by atoms with van der Waals surface area (Å²) in [5.41, 5.74) is 0.856. The van der Waals surface area contributed by atoms with Crippen LogP contribution in [0.3, 0.4) is 0 Å². The lowest BCUT2D eigenvalue weighted by atomic mass is 10.2. The number of carbonyl (C=O) groups is 1. The molecule has 1 aromatic carbocycles. The van der Waals surface area contributed by atoms with E-state index in [4.69, 9.17) is 11.6 Å². The van der Waals surface area contributed by atoms with E-state index in [0.29, 0.717) is 5.02 Å². The van der Waals surface area contributed by atoms with E-state index in [9.17, 15) is 13.2 Å². The van der Waals surface area contributed by atoms with Crippen molar-refractivity contribution in [3.05, 3.63) is 40.9 Å². The molecule has 0 heterocycles. The molecule has 0 aliphatic carbocycles. The van der Waals surface area contributed by atoms with Gasteiger partial charge in [0.05, 0.1) is 5.75 Å². The van der Waals surface area contributed by atoms with E-state index in [1.165, 1.54) is 11.0 Å². The Hall–Kier alpha value is -1.33. The van der Waals surface area contributed by atoms with E-state index < -0.39 is 9.84 Å². The average Bonchev–Trinajstić information content (AvgIpc) is 2.45. The number of halogens is 1. The summed E-state index contributed by atoms with van der Waals surface area (Å²) in [4.78, 5) is 13.4. The number of nitrogens with zero attached hydrogens (tertiary/aromatic N) is 1. The van der Waals surface area contributed by atoms with Gasteiger partial charge in [0.2, 0.25) is 5.91 Å². The molecular formula is C15H20ClNO3S. The zero-order valence-electron chi connectivity index (χ0n) is 12.4. The molecule has 0 aliphatic heterocycles. The first-order valence-corrected chi connectivity index (χ1v) is 8.86. The number of benzene rings is 1. The summed E-state index contributed by atoms with van der Waals surface area (Å²) in [6, 6.07) is 6.73. The Bertz CT molecular complexity index is 608. The zero-order valence-corrected chi connectivity index (χ0v) is 14.0. The van der Waals surface area contributed by atoms with Gasteiger partial charge >= 0.3 is 0 Å². The first kappa shape index (κ1) is 17.7. The minimum absolute atomic E-state index is 0.0273. The van der Waals surface area contributed by atoms with E-state index in [0.717, 1.165) is 5.56 Å². The molecule has 0 radical (unpaired) electrons. The van der Waals surface area contributed by atoms with Crippen LogP contribution in [-0.2, 0) is 14.6 Å². The molecular weight excluding hydrogens is 310 g/mol. The van der Waals surface area contributed by atoms with Gasteiger partial charge in [-0.3, -0.25) is 4.79 Å². The van der Waals surface area contributed by atoms with Crippen LogP contribution in [0, 0.1) is 0 Å². The predicted octanol–water partition coefficient (Wildman–Crippen LogP) is 2.63. The maximum Gasteiger partial charge on any atom is 0.246 e. The van der Waals surface area contributed by atoms with Gasteiger partial charge in [0, 0.05) is 29.9 Å². The smallest absolute Gasteiger partial charge is 0.246 e. The van der Waals surface area contributed by atoms with Crippen molar-refractivity contribution in [2.45, 2.75) is 19.9 Å². The molecule has 0 bridgehead atoms. The first-order valence-electron chi connectivity index (χ1n) is 6.66. The average molecular weight is 330 g/mol. The second kappa shape index (κ2) is 7.61. The molecule has 4 nitrogen and oxygen atoms in total. The van der Waals surface area contributed by atoms with Crippen molar-refractivity contribution in [3.63, 3.8) is 0 Å². The maximum atomic E-state index is 12.0. The highest BCUT2D eigenvalue weighted by Crippen LogP contribution is 2.11. The summed E-state index contributed by atoms with van der Waals surface area (Å²) in [6.45, 7) is 3.32. The number of likely N-dealkylation sites (N-methyl/N-ethyl adjacent to an activating group) is 1. The van der Waals surface area contributed by atoms with Crippen molar-refractivity contribution in [2.24, 2.45) is 0 Å². The fourth-order valence-electron chi connectivity index (χ4n) is 1.67. The van der Waals surface area contributed by atoms with Crippen molar-refractivity contribution in [2.75, 3.05) is 18.6 Å². The number of rotatable bonds is 6. The lowest BCUT2D eigenvalue weighted by Gasteiger charge is -2.23. The topological polar surface area (TPSA) is 54.5 Å². The molecule has 0 aromatic heterocycles. The van der Waals surface area contributed by atoms with E-state index in [1.54, 1.807) is 51.2 Å². The fraction of sp³-hybridized carbons (Fsp3) is 0.400. The van der Waals surface area contributed by atoms with Gasteiger partial charge in [-0.1, -0.05) is 30.7 Å². The number of hydrogen-bond acceptors (Lipinski definition) is 3. The van der Waals surface area contributed by atoms with Crippen LogP contribution in [0.5, 0.6) is 0 Å². The van der Waals surface area contributed by atoms with Crippen molar-refractivity contribution in [1.82, 2.24) is 4.90 Å². The third-order valence-corrected chi connectivity index (χ3v) is 5.35. The molecule has 6 heteroatoms. The molecule has 0 saturated heterocycles.